The van der Waals surface area contributed by atoms with Crippen LogP contribution in [0.25, 0.3) is 0 Å². The quantitative estimate of drug-likeness (QED) is 0.833. The number of anilines is 1. The summed E-state index contributed by atoms with van der Waals surface area (Å²) in [5.41, 5.74) is 1.73. The Labute approximate surface area is 167 Å². The highest BCUT2D eigenvalue weighted by molar-refractivity contribution is 7.89. The standard InChI is InChI=1S/C21H27N3O3S/c1-16-10-11-18(14-19(16)28(26,27)22-21(2,3)4)24-13-12-23(20(24)25)15-17-8-6-5-7-9-17/h5-11,14,22H,12-13,15H2,1-4H3. The maximum absolute atomic E-state index is 12.9. The van der Waals surface area contributed by atoms with Crippen LogP contribution in [-0.2, 0) is 16.6 Å². The van der Waals surface area contributed by atoms with E-state index in [1.807, 2.05) is 30.3 Å². The predicted molar refractivity (Wildman–Crippen MR) is 111 cm³/mol. The molecule has 2 aromatic rings. The first-order valence-corrected chi connectivity index (χ1v) is 10.8. The molecule has 1 aliphatic heterocycles. The van der Waals surface area contributed by atoms with Crippen LogP contribution in [0.5, 0.6) is 0 Å². The smallest absolute Gasteiger partial charge is 0.318 e. The first kappa shape index (κ1) is 20.4. The second kappa shape index (κ2) is 7.56. The number of carbonyl (C=O) groups is 1. The monoisotopic (exact) mass is 401 g/mol. The molecule has 1 N–H and O–H groups in total. The van der Waals surface area contributed by atoms with Crippen LogP contribution >= 0.6 is 0 Å². The largest absolute Gasteiger partial charge is 0.324 e. The average molecular weight is 402 g/mol. The number of nitrogens with zero attached hydrogens (tertiary/aromatic N) is 2. The Morgan fingerprint density at radius 3 is 2.36 bits per heavy atom. The summed E-state index contributed by atoms with van der Waals surface area (Å²) in [4.78, 5) is 16.5. The van der Waals surface area contributed by atoms with E-state index >= 15 is 0 Å². The summed E-state index contributed by atoms with van der Waals surface area (Å²) in [7, 11) is -3.68. The number of amides is 2. The molecule has 0 atom stereocenters. The molecule has 1 saturated heterocycles. The van der Waals surface area contributed by atoms with Crippen LogP contribution in [0.1, 0.15) is 31.9 Å². The molecule has 1 aliphatic rings. The lowest BCUT2D eigenvalue weighted by Crippen LogP contribution is -2.40. The molecule has 150 valence electrons. The van der Waals surface area contributed by atoms with Crippen molar-refractivity contribution in [3.05, 3.63) is 59.7 Å². The van der Waals surface area contributed by atoms with Crippen molar-refractivity contribution in [3.8, 4) is 0 Å². The fraction of sp³-hybridized carbons (Fsp3) is 0.381. The van der Waals surface area contributed by atoms with E-state index in [9.17, 15) is 13.2 Å². The summed E-state index contributed by atoms with van der Waals surface area (Å²) in [5.74, 6) is 0. The molecule has 1 fully saturated rings. The molecular weight excluding hydrogens is 374 g/mol. The molecule has 0 aliphatic carbocycles. The first-order valence-electron chi connectivity index (χ1n) is 9.32. The van der Waals surface area contributed by atoms with E-state index < -0.39 is 15.6 Å². The van der Waals surface area contributed by atoms with Crippen molar-refractivity contribution in [2.24, 2.45) is 0 Å². The molecule has 0 spiro atoms. The van der Waals surface area contributed by atoms with Crippen molar-refractivity contribution in [1.29, 1.82) is 0 Å². The number of hydrogen-bond donors (Lipinski definition) is 1. The maximum Gasteiger partial charge on any atom is 0.324 e. The van der Waals surface area contributed by atoms with Gasteiger partial charge in [-0.15, -0.1) is 0 Å². The van der Waals surface area contributed by atoms with Crippen LogP contribution in [-0.4, -0.2) is 38.0 Å². The van der Waals surface area contributed by atoms with Gasteiger partial charge in [0.2, 0.25) is 10.0 Å². The Bertz CT molecular complexity index is 966. The van der Waals surface area contributed by atoms with Crippen LogP contribution in [0.15, 0.2) is 53.4 Å². The molecule has 0 unspecified atom stereocenters. The summed E-state index contributed by atoms with van der Waals surface area (Å²) in [6.07, 6.45) is 0. The van der Waals surface area contributed by atoms with E-state index in [2.05, 4.69) is 4.72 Å². The van der Waals surface area contributed by atoms with Crippen LogP contribution in [0, 0.1) is 6.92 Å². The van der Waals surface area contributed by atoms with Crippen LogP contribution in [0.4, 0.5) is 10.5 Å². The van der Waals surface area contributed by atoms with Crippen LogP contribution in [0.2, 0.25) is 0 Å². The summed E-state index contributed by atoms with van der Waals surface area (Å²) in [6.45, 7) is 8.83. The van der Waals surface area contributed by atoms with E-state index in [1.54, 1.807) is 55.7 Å². The summed E-state index contributed by atoms with van der Waals surface area (Å²) in [5, 5.41) is 0. The molecule has 1 heterocycles. The lowest BCUT2D eigenvalue weighted by molar-refractivity contribution is 0.219. The SMILES string of the molecule is Cc1ccc(N2CCN(Cc3ccccc3)C2=O)cc1S(=O)(=O)NC(C)(C)C. The number of hydrogen-bond acceptors (Lipinski definition) is 3. The Morgan fingerprint density at radius 2 is 1.71 bits per heavy atom. The number of benzene rings is 2. The van der Waals surface area contributed by atoms with E-state index in [1.165, 1.54) is 0 Å². The minimum atomic E-state index is -3.68. The molecule has 3 rings (SSSR count). The number of rotatable bonds is 5. The fourth-order valence-corrected chi connectivity index (χ4v) is 4.96. The Kier molecular flexibility index (Phi) is 5.50. The van der Waals surface area contributed by atoms with Gasteiger partial charge in [0.15, 0.2) is 0 Å². The van der Waals surface area contributed by atoms with Crippen molar-refractivity contribution >= 4 is 21.7 Å². The van der Waals surface area contributed by atoms with Gasteiger partial charge in [-0.1, -0.05) is 36.4 Å². The number of aryl methyl sites for hydroxylation is 1. The Morgan fingerprint density at radius 1 is 1.04 bits per heavy atom. The molecule has 0 radical (unpaired) electrons. The summed E-state index contributed by atoms with van der Waals surface area (Å²) in [6, 6.07) is 14.9. The number of carbonyl (C=O) groups excluding carboxylic acids is 1. The first-order chi connectivity index (χ1) is 13.1. The normalized spacial score (nSPS) is 15.4. The molecule has 0 aromatic heterocycles. The van der Waals surface area contributed by atoms with E-state index in [0.29, 0.717) is 30.9 Å². The van der Waals surface area contributed by atoms with Gasteiger partial charge >= 0.3 is 6.03 Å². The van der Waals surface area contributed by atoms with Crippen molar-refractivity contribution in [2.75, 3.05) is 18.0 Å². The zero-order valence-corrected chi connectivity index (χ0v) is 17.6. The van der Waals surface area contributed by atoms with Gasteiger partial charge in [0, 0.05) is 30.9 Å². The van der Waals surface area contributed by atoms with Gasteiger partial charge in [0.1, 0.15) is 0 Å². The van der Waals surface area contributed by atoms with Crippen molar-refractivity contribution in [2.45, 2.75) is 44.7 Å². The summed E-state index contributed by atoms with van der Waals surface area (Å²) >= 11 is 0. The van der Waals surface area contributed by atoms with Gasteiger partial charge in [0.05, 0.1) is 4.90 Å². The zero-order chi connectivity index (χ0) is 20.5. The van der Waals surface area contributed by atoms with E-state index in [4.69, 9.17) is 0 Å². The lowest BCUT2D eigenvalue weighted by Gasteiger charge is -2.23. The molecule has 2 amide bonds. The molecule has 0 bridgehead atoms. The second-order valence-electron chi connectivity index (χ2n) is 8.15. The van der Waals surface area contributed by atoms with Crippen LogP contribution < -0.4 is 9.62 Å². The molecule has 0 saturated carbocycles. The Balaban J connectivity index is 1.84. The van der Waals surface area contributed by atoms with Gasteiger partial charge in [-0.3, -0.25) is 4.90 Å². The minimum Gasteiger partial charge on any atom is -0.318 e. The third-order valence-corrected chi connectivity index (χ3v) is 6.42. The lowest BCUT2D eigenvalue weighted by atomic mass is 10.1. The zero-order valence-electron chi connectivity index (χ0n) is 16.8. The topological polar surface area (TPSA) is 69.7 Å². The predicted octanol–water partition coefficient (Wildman–Crippen LogP) is 3.51. The van der Waals surface area contributed by atoms with Crippen molar-refractivity contribution in [1.82, 2.24) is 9.62 Å². The van der Waals surface area contributed by atoms with Gasteiger partial charge < -0.3 is 4.90 Å². The Hall–Kier alpha value is -2.38. The highest BCUT2D eigenvalue weighted by atomic mass is 32.2. The third-order valence-electron chi connectivity index (χ3n) is 4.52. The third kappa shape index (κ3) is 4.54. The van der Waals surface area contributed by atoms with E-state index in [-0.39, 0.29) is 10.9 Å². The molecule has 6 nitrogen and oxygen atoms in total. The highest BCUT2D eigenvalue weighted by Gasteiger charge is 2.31. The molecule has 2 aromatic carbocycles. The number of urea groups is 1. The average Bonchev–Trinajstić information content (AvgIpc) is 2.95. The molecular formula is C21H27N3O3S. The second-order valence-corrected chi connectivity index (χ2v) is 9.80. The van der Waals surface area contributed by atoms with Crippen LogP contribution in [0.3, 0.4) is 0 Å². The van der Waals surface area contributed by atoms with Gasteiger partial charge in [-0.2, -0.15) is 0 Å². The maximum atomic E-state index is 12.9. The van der Waals surface area contributed by atoms with Gasteiger partial charge in [-0.25, -0.2) is 17.9 Å². The van der Waals surface area contributed by atoms with Gasteiger partial charge in [0.25, 0.3) is 0 Å². The molecule has 28 heavy (non-hydrogen) atoms. The van der Waals surface area contributed by atoms with E-state index in [0.717, 1.165) is 5.56 Å². The molecule has 7 heteroatoms. The van der Waals surface area contributed by atoms with Crippen molar-refractivity contribution in [3.63, 3.8) is 0 Å². The summed E-state index contributed by atoms with van der Waals surface area (Å²) < 4.78 is 28.3. The minimum absolute atomic E-state index is 0.111. The van der Waals surface area contributed by atoms with Gasteiger partial charge in [-0.05, 0) is 51.0 Å². The van der Waals surface area contributed by atoms with Crippen molar-refractivity contribution < 1.29 is 13.2 Å². The number of sulfonamides is 1. The fourth-order valence-electron chi connectivity index (χ4n) is 3.28. The number of nitrogens with one attached hydrogen (secondary N) is 1. The highest BCUT2D eigenvalue weighted by Crippen LogP contribution is 2.27.